The summed E-state index contributed by atoms with van der Waals surface area (Å²) in [5.74, 6) is 0.0866. The number of ether oxygens (including phenoxy) is 1. The summed E-state index contributed by atoms with van der Waals surface area (Å²) in [6, 6.07) is 5.68. The van der Waals surface area contributed by atoms with Crippen molar-refractivity contribution < 1.29 is 14.6 Å². The number of benzene rings is 1. The molecule has 1 unspecified atom stereocenters. The highest BCUT2D eigenvalue weighted by Crippen LogP contribution is 2.26. The molecule has 0 saturated carbocycles. The van der Waals surface area contributed by atoms with Crippen LogP contribution < -0.4 is 0 Å². The first-order valence-corrected chi connectivity index (χ1v) is 5.55. The van der Waals surface area contributed by atoms with E-state index in [1.54, 1.807) is 6.07 Å². The number of carbonyl (C=O) groups is 1. The number of methoxy groups -OCH3 is 1. The van der Waals surface area contributed by atoms with Crippen LogP contribution in [0.4, 0.5) is 0 Å². The third-order valence-corrected chi connectivity index (χ3v) is 3.22. The Labute approximate surface area is 95.0 Å². The number of aryl methyl sites for hydroxylation is 1. The number of hydrogen-bond acceptors (Lipinski definition) is 3. The number of fused-ring (bicyclic) bond motifs is 1. The Morgan fingerprint density at radius 1 is 1.50 bits per heavy atom. The molecule has 1 aliphatic carbocycles. The van der Waals surface area contributed by atoms with Crippen LogP contribution in [0.1, 0.15) is 27.9 Å². The predicted molar refractivity (Wildman–Crippen MR) is 60.4 cm³/mol. The van der Waals surface area contributed by atoms with Crippen molar-refractivity contribution in [3.8, 4) is 0 Å². The molecular formula is C13H16O3. The van der Waals surface area contributed by atoms with Gasteiger partial charge in [0.15, 0.2) is 0 Å². The minimum absolute atomic E-state index is 0.248. The molecule has 0 bridgehead atoms. The van der Waals surface area contributed by atoms with Crippen molar-refractivity contribution in [1.29, 1.82) is 0 Å². The van der Waals surface area contributed by atoms with E-state index < -0.39 is 0 Å². The van der Waals surface area contributed by atoms with Crippen LogP contribution >= 0.6 is 0 Å². The summed E-state index contributed by atoms with van der Waals surface area (Å²) in [5, 5.41) is 9.12. The molecule has 0 heterocycles. The summed E-state index contributed by atoms with van der Waals surface area (Å²) in [5.41, 5.74) is 3.08. The van der Waals surface area contributed by atoms with Gasteiger partial charge in [-0.3, -0.25) is 0 Å². The zero-order valence-electron chi connectivity index (χ0n) is 9.40. The van der Waals surface area contributed by atoms with E-state index in [-0.39, 0.29) is 12.6 Å². The van der Waals surface area contributed by atoms with Gasteiger partial charge in [-0.15, -0.1) is 0 Å². The molecule has 16 heavy (non-hydrogen) atoms. The van der Waals surface area contributed by atoms with E-state index in [4.69, 9.17) is 9.84 Å². The first-order valence-electron chi connectivity index (χ1n) is 5.55. The van der Waals surface area contributed by atoms with E-state index >= 15 is 0 Å². The highest BCUT2D eigenvalue weighted by Gasteiger charge is 2.19. The monoisotopic (exact) mass is 220 g/mol. The SMILES string of the molecule is COC(=O)c1ccc2c(c1)CCC(CO)C2. The van der Waals surface area contributed by atoms with Crippen molar-refractivity contribution in [2.75, 3.05) is 13.7 Å². The molecule has 3 nitrogen and oxygen atoms in total. The van der Waals surface area contributed by atoms with Gasteiger partial charge < -0.3 is 9.84 Å². The molecule has 1 aromatic rings. The van der Waals surface area contributed by atoms with Crippen molar-refractivity contribution >= 4 is 5.97 Å². The van der Waals surface area contributed by atoms with Gasteiger partial charge in [0.25, 0.3) is 0 Å². The maximum atomic E-state index is 11.4. The van der Waals surface area contributed by atoms with E-state index in [0.29, 0.717) is 11.5 Å². The average Bonchev–Trinajstić information content (AvgIpc) is 2.36. The topological polar surface area (TPSA) is 46.5 Å². The third kappa shape index (κ3) is 2.09. The van der Waals surface area contributed by atoms with E-state index in [0.717, 1.165) is 19.3 Å². The summed E-state index contributed by atoms with van der Waals surface area (Å²) in [7, 11) is 1.39. The van der Waals surface area contributed by atoms with Gasteiger partial charge in [0.05, 0.1) is 12.7 Å². The molecule has 1 atom stereocenters. The first-order chi connectivity index (χ1) is 7.74. The molecule has 0 fully saturated rings. The van der Waals surface area contributed by atoms with E-state index in [1.807, 2.05) is 12.1 Å². The molecule has 0 saturated heterocycles. The minimum atomic E-state index is -0.285. The van der Waals surface area contributed by atoms with Crippen LogP contribution in [0, 0.1) is 5.92 Å². The lowest BCUT2D eigenvalue weighted by Gasteiger charge is -2.23. The Hall–Kier alpha value is -1.35. The predicted octanol–water partition coefficient (Wildman–Crippen LogP) is 1.57. The lowest BCUT2D eigenvalue weighted by Crippen LogP contribution is -2.18. The van der Waals surface area contributed by atoms with E-state index in [9.17, 15) is 4.79 Å². The van der Waals surface area contributed by atoms with Crippen LogP contribution in [0.15, 0.2) is 18.2 Å². The molecule has 1 aliphatic rings. The second-order valence-corrected chi connectivity index (χ2v) is 4.27. The zero-order valence-corrected chi connectivity index (χ0v) is 9.40. The number of hydrogen-bond donors (Lipinski definition) is 1. The van der Waals surface area contributed by atoms with Gasteiger partial charge in [-0.2, -0.15) is 0 Å². The van der Waals surface area contributed by atoms with Crippen LogP contribution in [0.25, 0.3) is 0 Å². The molecule has 0 radical (unpaired) electrons. The highest BCUT2D eigenvalue weighted by atomic mass is 16.5. The van der Waals surface area contributed by atoms with Crippen LogP contribution in [0.3, 0.4) is 0 Å². The van der Waals surface area contributed by atoms with Crippen molar-refractivity contribution in [3.05, 3.63) is 34.9 Å². The maximum Gasteiger partial charge on any atom is 0.337 e. The number of carbonyl (C=O) groups excluding carboxylic acids is 1. The molecule has 0 aromatic heterocycles. The normalized spacial score (nSPS) is 19.0. The second kappa shape index (κ2) is 4.66. The number of esters is 1. The Kier molecular flexibility index (Phi) is 3.25. The molecule has 1 N–H and O–H groups in total. The highest BCUT2D eigenvalue weighted by molar-refractivity contribution is 5.89. The zero-order chi connectivity index (χ0) is 11.5. The Morgan fingerprint density at radius 3 is 3.00 bits per heavy atom. The van der Waals surface area contributed by atoms with Crippen molar-refractivity contribution in [2.24, 2.45) is 5.92 Å². The molecule has 3 heteroatoms. The lowest BCUT2D eigenvalue weighted by molar-refractivity contribution is 0.0600. The fourth-order valence-corrected chi connectivity index (χ4v) is 2.23. The van der Waals surface area contributed by atoms with Crippen LogP contribution in [-0.4, -0.2) is 24.8 Å². The van der Waals surface area contributed by atoms with Gasteiger partial charge in [0.2, 0.25) is 0 Å². The summed E-state index contributed by atoms with van der Waals surface area (Å²) in [6.07, 6.45) is 2.84. The Bertz CT molecular complexity index is 398. The Morgan fingerprint density at radius 2 is 2.31 bits per heavy atom. The summed E-state index contributed by atoms with van der Waals surface area (Å²) < 4.78 is 4.69. The van der Waals surface area contributed by atoms with Crippen LogP contribution in [0.2, 0.25) is 0 Å². The first kappa shape index (κ1) is 11.1. The van der Waals surface area contributed by atoms with Crippen LogP contribution in [0.5, 0.6) is 0 Å². The minimum Gasteiger partial charge on any atom is -0.465 e. The molecule has 86 valence electrons. The number of aliphatic hydroxyl groups excluding tert-OH is 1. The van der Waals surface area contributed by atoms with Crippen molar-refractivity contribution in [2.45, 2.75) is 19.3 Å². The second-order valence-electron chi connectivity index (χ2n) is 4.27. The standard InChI is InChI=1S/C13H16O3/c1-16-13(15)12-5-4-10-6-9(8-14)2-3-11(10)7-12/h4-5,7,9,14H,2-3,6,8H2,1H3. The fraction of sp³-hybridized carbons (Fsp3) is 0.462. The molecular weight excluding hydrogens is 204 g/mol. The largest absolute Gasteiger partial charge is 0.465 e. The number of rotatable bonds is 2. The summed E-state index contributed by atoms with van der Waals surface area (Å²) in [4.78, 5) is 11.4. The third-order valence-electron chi connectivity index (χ3n) is 3.22. The van der Waals surface area contributed by atoms with Gasteiger partial charge in [0.1, 0.15) is 0 Å². The average molecular weight is 220 g/mol. The summed E-state index contributed by atoms with van der Waals surface area (Å²) in [6.45, 7) is 0.248. The van der Waals surface area contributed by atoms with Gasteiger partial charge in [0, 0.05) is 6.61 Å². The van der Waals surface area contributed by atoms with Crippen molar-refractivity contribution in [3.63, 3.8) is 0 Å². The quantitative estimate of drug-likeness (QED) is 0.769. The van der Waals surface area contributed by atoms with Gasteiger partial charge in [-0.05, 0) is 48.4 Å². The van der Waals surface area contributed by atoms with Gasteiger partial charge >= 0.3 is 5.97 Å². The number of aliphatic hydroxyl groups is 1. The van der Waals surface area contributed by atoms with Crippen molar-refractivity contribution in [1.82, 2.24) is 0 Å². The van der Waals surface area contributed by atoms with E-state index in [1.165, 1.54) is 18.2 Å². The van der Waals surface area contributed by atoms with Crippen LogP contribution in [-0.2, 0) is 17.6 Å². The fourth-order valence-electron chi connectivity index (χ4n) is 2.23. The maximum absolute atomic E-state index is 11.4. The van der Waals surface area contributed by atoms with Gasteiger partial charge in [-0.1, -0.05) is 6.07 Å². The lowest BCUT2D eigenvalue weighted by atomic mass is 9.83. The molecule has 0 spiro atoms. The van der Waals surface area contributed by atoms with E-state index in [2.05, 4.69) is 0 Å². The molecule has 1 aromatic carbocycles. The smallest absolute Gasteiger partial charge is 0.337 e. The summed E-state index contributed by atoms with van der Waals surface area (Å²) >= 11 is 0. The Balaban J connectivity index is 2.24. The molecule has 2 rings (SSSR count). The van der Waals surface area contributed by atoms with Gasteiger partial charge in [-0.25, -0.2) is 4.79 Å². The molecule has 0 amide bonds. The molecule has 0 aliphatic heterocycles.